The molecule has 1 atom stereocenters. The largest absolute Gasteiger partial charge is 0.450 e. The van der Waals surface area contributed by atoms with Crippen LogP contribution < -0.4 is 5.32 Å². The van der Waals surface area contributed by atoms with Gasteiger partial charge in [-0.05, 0) is 28.1 Å². The van der Waals surface area contributed by atoms with Gasteiger partial charge < -0.3 is 9.15 Å². The summed E-state index contributed by atoms with van der Waals surface area (Å²) in [4.78, 5) is 0. The number of furan rings is 1. The lowest BCUT2D eigenvalue weighted by molar-refractivity contribution is 0.0825. The quantitative estimate of drug-likeness (QED) is 0.778. The fraction of sp³-hybridized carbons (Fsp3) is 0.429. The van der Waals surface area contributed by atoms with Crippen molar-refractivity contribution in [2.75, 3.05) is 13.2 Å². The molecule has 0 spiro atoms. The van der Waals surface area contributed by atoms with Crippen molar-refractivity contribution in [3.63, 3.8) is 0 Å². The lowest BCUT2D eigenvalue weighted by atomic mass is 10.4. The smallest absolute Gasteiger partial charge is 0.169 e. The zero-order valence-corrected chi connectivity index (χ0v) is 7.43. The van der Waals surface area contributed by atoms with Crippen molar-refractivity contribution in [1.29, 1.82) is 0 Å². The van der Waals surface area contributed by atoms with Crippen LogP contribution in [0.4, 0.5) is 0 Å². The number of hydrogen-bond acceptors (Lipinski definition) is 3. The SMILES string of the molecule is Brc1ccc(C2NCCO2)o1. The fourth-order valence-corrected chi connectivity index (χ4v) is 1.40. The van der Waals surface area contributed by atoms with E-state index in [9.17, 15) is 0 Å². The highest BCUT2D eigenvalue weighted by Gasteiger charge is 2.19. The van der Waals surface area contributed by atoms with Gasteiger partial charge in [0.15, 0.2) is 10.9 Å². The van der Waals surface area contributed by atoms with E-state index in [2.05, 4.69) is 21.2 Å². The molecule has 0 aromatic carbocycles. The zero-order valence-electron chi connectivity index (χ0n) is 5.84. The van der Waals surface area contributed by atoms with E-state index in [4.69, 9.17) is 9.15 Å². The van der Waals surface area contributed by atoms with Crippen molar-refractivity contribution in [1.82, 2.24) is 5.32 Å². The molecule has 3 nitrogen and oxygen atoms in total. The molecule has 1 aliphatic rings. The lowest BCUT2D eigenvalue weighted by Crippen LogP contribution is -2.12. The normalized spacial score (nSPS) is 24.3. The minimum absolute atomic E-state index is 0.0544. The molecule has 0 aliphatic carbocycles. The van der Waals surface area contributed by atoms with E-state index in [0.29, 0.717) is 0 Å². The Hall–Kier alpha value is -0.320. The van der Waals surface area contributed by atoms with Crippen LogP contribution in [0.15, 0.2) is 21.2 Å². The summed E-state index contributed by atoms with van der Waals surface area (Å²) in [5.74, 6) is 0.828. The van der Waals surface area contributed by atoms with Crippen LogP contribution in [0.2, 0.25) is 0 Å². The highest BCUT2D eigenvalue weighted by molar-refractivity contribution is 9.10. The van der Waals surface area contributed by atoms with Crippen molar-refractivity contribution < 1.29 is 9.15 Å². The number of halogens is 1. The lowest BCUT2D eigenvalue weighted by Gasteiger charge is -2.04. The molecule has 0 amide bonds. The summed E-state index contributed by atoms with van der Waals surface area (Å²) in [6.45, 7) is 1.64. The molecule has 1 aliphatic heterocycles. The predicted molar refractivity (Wildman–Crippen MR) is 43.1 cm³/mol. The van der Waals surface area contributed by atoms with Gasteiger partial charge in [-0.25, -0.2) is 0 Å². The van der Waals surface area contributed by atoms with Gasteiger partial charge in [0.2, 0.25) is 0 Å². The number of hydrogen-bond donors (Lipinski definition) is 1. The van der Waals surface area contributed by atoms with Gasteiger partial charge in [-0.2, -0.15) is 0 Å². The summed E-state index contributed by atoms with van der Waals surface area (Å²) in [5, 5.41) is 3.15. The Balaban J connectivity index is 2.15. The van der Waals surface area contributed by atoms with Gasteiger partial charge in [0.05, 0.1) is 6.61 Å². The van der Waals surface area contributed by atoms with Gasteiger partial charge in [0.25, 0.3) is 0 Å². The molecule has 0 saturated carbocycles. The van der Waals surface area contributed by atoms with E-state index in [0.717, 1.165) is 23.6 Å². The molecule has 2 rings (SSSR count). The van der Waals surface area contributed by atoms with Crippen LogP contribution in [-0.2, 0) is 4.74 Å². The van der Waals surface area contributed by atoms with Crippen LogP contribution in [0.1, 0.15) is 12.0 Å². The summed E-state index contributed by atoms with van der Waals surface area (Å²) in [6, 6.07) is 3.76. The first-order valence-electron chi connectivity index (χ1n) is 3.46. The molecule has 1 N–H and O–H groups in total. The first-order chi connectivity index (χ1) is 5.36. The van der Waals surface area contributed by atoms with Gasteiger partial charge in [-0.15, -0.1) is 0 Å². The maximum atomic E-state index is 5.33. The first kappa shape index (κ1) is 7.34. The molecule has 60 valence electrons. The molecule has 1 saturated heterocycles. The molecule has 1 fully saturated rings. The molecule has 2 heterocycles. The van der Waals surface area contributed by atoms with Crippen molar-refractivity contribution in [2.24, 2.45) is 0 Å². The average molecular weight is 218 g/mol. The number of nitrogens with one attached hydrogen (secondary N) is 1. The van der Waals surface area contributed by atoms with Crippen LogP contribution in [0.3, 0.4) is 0 Å². The van der Waals surface area contributed by atoms with Crippen molar-refractivity contribution in [3.8, 4) is 0 Å². The van der Waals surface area contributed by atoms with Gasteiger partial charge in [-0.3, -0.25) is 5.32 Å². The Labute approximate surface area is 72.8 Å². The van der Waals surface area contributed by atoms with Crippen molar-refractivity contribution in [2.45, 2.75) is 6.23 Å². The van der Waals surface area contributed by atoms with Crippen LogP contribution in [0.25, 0.3) is 0 Å². The average Bonchev–Trinajstić information content (AvgIpc) is 2.55. The summed E-state index contributed by atoms with van der Waals surface area (Å²) in [7, 11) is 0. The summed E-state index contributed by atoms with van der Waals surface area (Å²) >= 11 is 3.23. The van der Waals surface area contributed by atoms with E-state index in [-0.39, 0.29) is 6.23 Å². The van der Waals surface area contributed by atoms with Crippen molar-refractivity contribution >= 4 is 15.9 Å². The van der Waals surface area contributed by atoms with Gasteiger partial charge in [-0.1, -0.05) is 0 Å². The molecular weight excluding hydrogens is 210 g/mol. The molecule has 1 aromatic rings. The molecule has 4 heteroatoms. The molecule has 11 heavy (non-hydrogen) atoms. The maximum Gasteiger partial charge on any atom is 0.169 e. The Morgan fingerprint density at radius 2 is 2.45 bits per heavy atom. The summed E-state index contributed by atoms with van der Waals surface area (Å²) in [5.41, 5.74) is 0. The predicted octanol–water partition coefficient (Wildman–Crippen LogP) is 1.66. The third kappa shape index (κ3) is 1.47. The standard InChI is InChI=1S/C7H8BrNO2/c8-6-2-1-5(11-6)7-9-3-4-10-7/h1-2,7,9H,3-4H2. The molecular formula is C7H8BrNO2. The highest BCUT2D eigenvalue weighted by atomic mass is 79.9. The van der Waals surface area contributed by atoms with E-state index in [1.165, 1.54) is 0 Å². The van der Waals surface area contributed by atoms with E-state index < -0.39 is 0 Å². The van der Waals surface area contributed by atoms with Crippen LogP contribution in [-0.4, -0.2) is 13.2 Å². The first-order valence-corrected chi connectivity index (χ1v) is 4.26. The third-order valence-corrected chi connectivity index (χ3v) is 1.99. The van der Waals surface area contributed by atoms with Crippen LogP contribution in [0, 0.1) is 0 Å². The highest BCUT2D eigenvalue weighted by Crippen LogP contribution is 2.22. The summed E-state index contributed by atoms with van der Waals surface area (Å²) < 4.78 is 11.4. The van der Waals surface area contributed by atoms with Crippen molar-refractivity contribution in [3.05, 3.63) is 22.6 Å². The third-order valence-electron chi connectivity index (χ3n) is 1.57. The minimum Gasteiger partial charge on any atom is -0.450 e. The monoisotopic (exact) mass is 217 g/mol. The Morgan fingerprint density at radius 3 is 3.00 bits per heavy atom. The van der Waals surface area contributed by atoms with Crippen LogP contribution >= 0.6 is 15.9 Å². The minimum atomic E-state index is -0.0544. The van der Waals surface area contributed by atoms with Crippen LogP contribution in [0.5, 0.6) is 0 Å². The maximum absolute atomic E-state index is 5.33. The zero-order chi connectivity index (χ0) is 7.68. The molecule has 1 aromatic heterocycles. The second-order valence-corrected chi connectivity index (χ2v) is 3.13. The molecule has 1 unspecified atom stereocenters. The topological polar surface area (TPSA) is 34.4 Å². The van der Waals surface area contributed by atoms with Gasteiger partial charge >= 0.3 is 0 Å². The van der Waals surface area contributed by atoms with Gasteiger partial charge in [0, 0.05) is 6.54 Å². The Bertz CT molecular complexity index is 242. The molecule has 0 radical (unpaired) electrons. The fourth-order valence-electron chi connectivity index (χ4n) is 1.08. The van der Waals surface area contributed by atoms with E-state index in [1.54, 1.807) is 0 Å². The Morgan fingerprint density at radius 1 is 1.55 bits per heavy atom. The van der Waals surface area contributed by atoms with E-state index in [1.807, 2.05) is 12.1 Å². The number of ether oxygens (including phenoxy) is 1. The Kier molecular flexibility index (Phi) is 1.98. The van der Waals surface area contributed by atoms with Gasteiger partial charge in [0.1, 0.15) is 5.76 Å². The van der Waals surface area contributed by atoms with E-state index >= 15 is 0 Å². The summed E-state index contributed by atoms with van der Waals surface area (Å²) in [6.07, 6.45) is -0.0544. The second kappa shape index (κ2) is 2.97. The molecule has 0 bridgehead atoms. The number of rotatable bonds is 1. The second-order valence-electron chi connectivity index (χ2n) is 2.35.